The van der Waals surface area contributed by atoms with Gasteiger partial charge in [0.1, 0.15) is 5.82 Å². The summed E-state index contributed by atoms with van der Waals surface area (Å²) in [5, 5.41) is 16.8. The fourth-order valence-electron chi connectivity index (χ4n) is 3.00. The molecule has 0 saturated heterocycles. The molecule has 0 aliphatic carbocycles. The molecule has 0 radical (unpaired) electrons. The number of hydrogen-bond donors (Lipinski definition) is 2. The van der Waals surface area contributed by atoms with Crippen molar-refractivity contribution in [1.82, 2.24) is 5.32 Å². The zero-order chi connectivity index (χ0) is 18.0. The smallest absolute Gasteiger partial charge is 0.273 e. The summed E-state index contributed by atoms with van der Waals surface area (Å²) >= 11 is 0. The van der Waals surface area contributed by atoms with Crippen LogP contribution in [0.5, 0.6) is 0 Å². The molecule has 1 aliphatic heterocycles. The molecule has 7 heteroatoms. The van der Waals surface area contributed by atoms with Gasteiger partial charge in [-0.05, 0) is 42.6 Å². The Kier molecular flexibility index (Phi) is 4.76. The van der Waals surface area contributed by atoms with Crippen LogP contribution < -0.4 is 10.6 Å². The molecular formula is C18H18FN3O3. The number of fused-ring (bicyclic) bond motifs is 1. The van der Waals surface area contributed by atoms with E-state index in [1.807, 2.05) is 0 Å². The van der Waals surface area contributed by atoms with Crippen molar-refractivity contribution >= 4 is 17.3 Å². The number of nitrogens with zero attached hydrogens (tertiary/aromatic N) is 1. The lowest BCUT2D eigenvalue weighted by Crippen LogP contribution is -2.25. The Morgan fingerprint density at radius 3 is 2.88 bits per heavy atom. The maximum absolute atomic E-state index is 14.6. The van der Waals surface area contributed by atoms with E-state index >= 15 is 0 Å². The summed E-state index contributed by atoms with van der Waals surface area (Å²) in [7, 11) is 0. The number of anilines is 1. The largest absolute Gasteiger partial charge is 0.319 e. The average Bonchev–Trinajstić information content (AvgIpc) is 2.63. The first kappa shape index (κ1) is 17.0. The van der Waals surface area contributed by atoms with Gasteiger partial charge in [-0.25, -0.2) is 4.39 Å². The molecule has 0 fully saturated rings. The second kappa shape index (κ2) is 6.98. The van der Waals surface area contributed by atoms with Crippen molar-refractivity contribution in [3.05, 3.63) is 68.5 Å². The van der Waals surface area contributed by atoms with Crippen LogP contribution in [0.2, 0.25) is 0 Å². The molecule has 0 spiro atoms. The normalized spacial score (nSPS) is 13.2. The monoisotopic (exact) mass is 343 g/mol. The molecular weight excluding hydrogens is 325 g/mol. The maximum atomic E-state index is 14.6. The molecule has 0 saturated carbocycles. The topological polar surface area (TPSA) is 84.3 Å². The predicted molar refractivity (Wildman–Crippen MR) is 92.2 cm³/mol. The summed E-state index contributed by atoms with van der Waals surface area (Å²) in [6.07, 6.45) is 1.05. The summed E-state index contributed by atoms with van der Waals surface area (Å²) < 4.78 is 14.6. The van der Waals surface area contributed by atoms with Crippen LogP contribution in [0.15, 0.2) is 30.3 Å². The minimum Gasteiger partial charge on any atom is -0.319 e. The van der Waals surface area contributed by atoms with Crippen LogP contribution in [0.25, 0.3) is 0 Å². The third-order valence-electron chi connectivity index (χ3n) is 4.38. The van der Waals surface area contributed by atoms with E-state index < -0.39 is 16.6 Å². The zero-order valence-electron chi connectivity index (χ0n) is 13.8. The molecule has 2 aromatic rings. The van der Waals surface area contributed by atoms with Crippen molar-refractivity contribution in [2.75, 3.05) is 11.9 Å². The molecule has 0 unspecified atom stereocenters. The quantitative estimate of drug-likeness (QED) is 0.659. The summed E-state index contributed by atoms with van der Waals surface area (Å²) in [5.41, 5.74) is 2.14. The fourth-order valence-corrected chi connectivity index (χ4v) is 3.00. The van der Waals surface area contributed by atoms with Gasteiger partial charge in [-0.2, -0.15) is 0 Å². The number of aryl methyl sites for hydroxylation is 1. The molecule has 2 aromatic carbocycles. The van der Waals surface area contributed by atoms with Crippen molar-refractivity contribution in [2.24, 2.45) is 0 Å². The number of carbonyl (C=O) groups is 1. The number of halogens is 1. The van der Waals surface area contributed by atoms with Crippen LogP contribution in [0.1, 0.15) is 34.0 Å². The second-order valence-corrected chi connectivity index (χ2v) is 5.90. The molecule has 6 nitrogen and oxygen atoms in total. The Bertz CT molecular complexity index is 852. The van der Waals surface area contributed by atoms with E-state index in [2.05, 4.69) is 10.6 Å². The lowest BCUT2D eigenvalue weighted by Gasteiger charge is -2.19. The molecule has 0 aromatic heterocycles. The van der Waals surface area contributed by atoms with Gasteiger partial charge in [-0.15, -0.1) is 0 Å². The van der Waals surface area contributed by atoms with E-state index in [1.54, 1.807) is 19.1 Å². The number of nitrogens with one attached hydrogen (secondary N) is 2. The Hall–Kier alpha value is -2.80. The first-order valence-electron chi connectivity index (χ1n) is 8.11. The number of hydrogen-bond acceptors (Lipinski definition) is 4. The van der Waals surface area contributed by atoms with Crippen LogP contribution in [-0.2, 0) is 19.4 Å². The summed E-state index contributed by atoms with van der Waals surface area (Å²) in [6.45, 7) is 3.09. The van der Waals surface area contributed by atoms with Crippen LogP contribution in [0.4, 0.5) is 15.8 Å². The van der Waals surface area contributed by atoms with Gasteiger partial charge in [0.2, 0.25) is 0 Å². The predicted octanol–water partition coefficient (Wildman–Crippen LogP) is 3.19. The number of benzene rings is 2. The number of nitro groups is 1. The molecule has 1 amide bonds. The minimum atomic E-state index is -0.571. The molecule has 130 valence electrons. The van der Waals surface area contributed by atoms with Crippen LogP contribution in [0.3, 0.4) is 0 Å². The molecule has 2 N–H and O–H groups in total. The first-order chi connectivity index (χ1) is 12.0. The van der Waals surface area contributed by atoms with E-state index in [-0.39, 0.29) is 16.9 Å². The summed E-state index contributed by atoms with van der Waals surface area (Å²) in [5.74, 6) is -1.01. The van der Waals surface area contributed by atoms with Crippen molar-refractivity contribution in [1.29, 1.82) is 0 Å². The molecule has 0 bridgehead atoms. The third kappa shape index (κ3) is 3.36. The van der Waals surface area contributed by atoms with E-state index in [0.717, 1.165) is 5.56 Å². The zero-order valence-corrected chi connectivity index (χ0v) is 13.8. The van der Waals surface area contributed by atoms with Gasteiger partial charge < -0.3 is 10.6 Å². The maximum Gasteiger partial charge on any atom is 0.273 e. The van der Waals surface area contributed by atoms with E-state index in [1.165, 1.54) is 18.2 Å². The standard InChI is InChI=1S/C18H18FN3O3/c1-2-11-3-4-12(9-16(11)22(24)25)18(23)21-15-6-5-13-10-20-8-7-14(13)17(15)19/h3-6,9,20H,2,7-8,10H2,1H3,(H,21,23). The molecule has 1 aliphatic rings. The highest BCUT2D eigenvalue weighted by atomic mass is 19.1. The van der Waals surface area contributed by atoms with E-state index in [4.69, 9.17) is 0 Å². The molecule has 3 rings (SSSR count). The van der Waals surface area contributed by atoms with Gasteiger partial charge in [0, 0.05) is 23.7 Å². The van der Waals surface area contributed by atoms with Crippen molar-refractivity contribution in [2.45, 2.75) is 26.3 Å². The van der Waals surface area contributed by atoms with Crippen molar-refractivity contribution in [3.63, 3.8) is 0 Å². The van der Waals surface area contributed by atoms with Gasteiger partial charge in [-0.3, -0.25) is 14.9 Å². The average molecular weight is 343 g/mol. The highest BCUT2D eigenvalue weighted by Gasteiger charge is 2.20. The molecule has 0 atom stereocenters. The highest BCUT2D eigenvalue weighted by molar-refractivity contribution is 6.04. The van der Waals surface area contributed by atoms with E-state index in [9.17, 15) is 19.3 Å². The van der Waals surface area contributed by atoms with Crippen molar-refractivity contribution < 1.29 is 14.1 Å². The lowest BCUT2D eigenvalue weighted by atomic mass is 9.99. The SMILES string of the molecule is CCc1ccc(C(=O)Nc2ccc3c(c2F)CCNC3)cc1[N+](=O)[O-]. The Morgan fingerprint density at radius 1 is 1.36 bits per heavy atom. The number of nitro benzene ring substituents is 1. The van der Waals surface area contributed by atoms with Gasteiger partial charge in [0.15, 0.2) is 0 Å². The van der Waals surface area contributed by atoms with Crippen LogP contribution in [-0.4, -0.2) is 17.4 Å². The van der Waals surface area contributed by atoms with Gasteiger partial charge >= 0.3 is 0 Å². The summed E-state index contributed by atoms with van der Waals surface area (Å²) in [6, 6.07) is 7.61. The first-order valence-corrected chi connectivity index (χ1v) is 8.11. The number of carbonyl (C=O) groups excluding carboxylic acids is 1. The molecule has 1 heterocycles. The Labute approximate surface area is 144 Å². The summed E-state index contributed by atoms with van der Waals surface area (Å²) in [4.78, 5) is 23.0. The second-order valence-electron chi connectivity index (χ2n) is 5.90. The Morgan fingerprint density at radius 2 is 2.16 bits per heavy atom. The molecule has 25 heavy (non-hydrogen) atoms. The van der Waals surface area contributed by atoms with Gasteiger partial charge in [0.05, 0.1) is 10.6 Å². The van der Waals surface area contributed by atoms with Crippen LogP contribution in [0, 0.1) is 15.9 Å². The minimum absolute atomic E-state index is 0.0906. The fraction of sp³-hybridized carbons (Fsp3) is 0.278. The lowest BCUT2D eigenvalue weighted by molar-refractivity contribution is -0.385. The Balaban J connectivity index is 1.88. The van der Waals surface area contributed by atoms with Gasteiger partial charge in [0.25, 0.3) is 11.6 Å². The van der Waals surface area contributed by atoms with Crippen LogP contribution >= 0.6 is 0 Å². The third-order valence-corrected chi connectivity index (χ3v) is 4.38. The highest BCUT2D eigenvalue weighted by Crippen LogP contribution is 2.26. The van der Waals surface area contributed by atoms with Gasteiger partial charge in [-0.1, -0.05) is 19.1 Å². The van der Waals surface area contributed by atoms with E-state index in [0.29, 0.717) is 37.1 Å². The number of amides is 1. The van der Waals surface area contributed by atoms with Crippen molar-refractivity contribution in [3.8, 4) is 0 Å². The number of rotatable bonds is 4.